The fourth-order valence-corrected chi connectivity index (χ4v) is 2.56. The number of carbonyl (C=O) groups excluding carboxylic acids is 6. The Morgan fingerprint density at radius 1 is 0.444 bits per heavy atom. The summed E-state index contributed by atoms with van der Waals surface area (Å²) < 4.78 is 9.37. The average Bonchev–Trinajstić information content (AvgIpc) is 2.89. The third-order valence-corrected chi connectivity index (χ3v) is 4.65. The molecule has 0 aromatic carbocycles. The summed E-state index contributed by atoms with van der Waals surface area (Å²) in [7, 11) is 0. The monoisotopic (exact) mass is 656 g/mol. The van der Waals surface area contributed by atoms with E-state index in [2.05, 4.69) is 9.47 Å². The van der Waals surface area contributed by atoms with Gasteiger partial charge in [-0.05, 0) is 0 Å². The van der Waals surface area contributed by atoms with E-state index in [1.807, 2.05) is 0 Å². The Bertz CT molecular complexity index is 783. The summed E-state index contributed by atoms with van der Waals surface area (Å²) in [5.74, 6) is -9.75. The van der Waals surface area contributed by atoms with E-state index in [4.69, 9.17) is 54.7 Å². The molecule has 2 saturated heterocycles. The molecule has 0 aromatic heterocycles. The summed E-state index contributed by atoms with van der Waals surface area (Å²) in [5, 5.41) is 127. The number of carboxylic acid groups (broad SMARTS) is 6. The van der Waals surface area contributed by atoms with E-state index >= 15 is 0 Å². The molecule has 0 aromatic rings. The van der Waals surface area contributed by atoms with E-state index in [0.29, 0.717) is 0 Å². The van der Waals surface area contributed by atoms with E-state index in [9.17, 15) is 59.4 Å². The third-order valence-electron chi connectivity index (χ3n) is 4.65. The van der Waals surface area contributed by atoms with Crippen LogP contribution in [0.4, 0.5) is 0 Å². The molecule has 252 valence electrons. The Morgan fingerprint density at radius 2 is 0.644 bits per heavy atom. The number of carbonyl (C=O) groups is 6. The Hall–Kier alpha value is -3.58. The molecule has 2 unspecified atom stereocenters. The maximum atomic E-state index is 9.28. The summed E-state index contributed by atoms with van der Waals surface area (Å²) >= 11 is 0. The van der Waals surface area contributed by atoms with E-state index in [1.54, 1.807) is 0 Å². The van der Waals surface area contributed by atoms with Crippen LogP contribution >= 0.6 is 0 Å². The molecule has 0 bridgehead atoms. The summed E-state index contributed by atoms with van der Waals surface area (Å²) in [6.45, 7) is 13.2. The van der Waals surface area contributed by atoms with Crippen molar-refractivity contribution in [3.63, 3.8) is 0 Å². The molecule has 45 heavy (non-hydrogen) atoms. The quantitative estimate of drug-likeness (QED) is 0.112. The van der Waals surface area contributed by atoms with Gasteiger partial charge in [0.25, 0.3) is 0 Å². The molecule has 0 spiro atoms. The molecular weight excluding hydrogens is 628 g/mol. The summed E-state index contributed by atoms with van der Waals surface area (Å²) in [6.07, 6.45) is -16.1. The zero-order chi connectivity index (χ0) is 36.2. The van der Waals surface area contributed by atoms with Crippen molar-refractivity contribution in [2.75, 3.05) is 13.2 Å². The number of ether oxygens (including phenoxy) is 2. The van der Waals surface area contributed by atoms with Crippen molar-refractivity contribution in [2.24, 2.45) is 0 Å². The van der Waals surface area contributed by atoms with Gasteiger partial charge in [-0.25, -0.2) is 0 Å². The van der Waals surface area contributed by atoms with E-state index < -0.39 is 129 Å². The molecule has 10 atom stereocenters. The normalized spacial score (nSPS) is 30.0. The Labute approximate surface area is 253 Å². The number of hydrogen-bond acceptors (Lipinski definition) is 22. The molecule has 2 heterocycles. The van der Waals surface area contributed by atoms with Crippen molar-refractivity contribution < 1.29 is 110 Å². The molecule has 0 amide bonds. The van der Waals surface area contributed by atoms with Crippen LogP contribution in [0.1, 0.15) is 19.3 Å². The fraction of sp³-hybridized carbons (Fsp3) is 0.652. The molecule has 2 aliphatic rings. The van der Waals surface area contributed by atoms with Crippen LogP contribution in [0.3, 0.4) is 0 Å². The second-order valence-electron chi connectivity index (χ2n) is 8.26. The van der Waals surface area contributed by atoms with Crippen molar-refractivity contribution in [3.8, 4) is 0 Å². The first-order valence-electron chi connectivity index (χ1n) is 11.8. The summed E-state index contributed by atoms with van der Waals surface area (Å²) in [4.78, 5) is 55.7. The van der Waals surface area contributed by atoms with Gasteiger partial charge in [0, 0.05) is 55.1 Å². The molecular formula is C23H28O22. The van der Waals surface area contributed by atoms with Crippen LogP contribution in [0.25, 0.3) is 0 Å². The zero-order valence-corrected chi connectivity index (χ0v) is 22.6. The van der Waals surface area contributed by atoms with Gasteiger partial charge in [0.2, 0.25) is 0 Å². The minimum atomic E-state index is -1.63. The second kappa shape index (κ2) is 23.8. The van der Waals surface area contributed by atoms with Crippen LogP contribution in [-0.2, 0) is 38.2 Å². The van der Waals surface area contributed by atoms with Gasteiger partial charge in [0.1, 0.15) is 0 Å². The van der Waals surface area contributed by atoms with Gasteiger partial charge in [-0.15, -0.1) is 0 Å². The van der Waals surface area contributed by atoms with Gasteiger partial charge in [-0.1, -0.05) is 0 Å². The first kappa shape index (κ1) is 45.8. The second-order valence-corrected chi connectivity index (χ2v) is 8.26. The number of hydrogen-bond donors (Lipinski definition) is 8. The van der Waals surface area contributed by atoms with Crippen LogP contribution in [0.2, 0.25) is 0 Å². The van der Waals surface area contributed by atoms with Crippen molar-refractivity contribution in [3.05, 3.63) is 13.8 Å². The van der Waals surface area contributed by atoms with E-state index in [-0.39, 0.29) is 0 Å². The van der Waals surface area contributed by atoms with Crippen LogP contribution in [0, 0.1) is 13.8 Å². The summed E-state index contributed by atoms with van der Waals surface area (Å²) in [6, 6.07) is 0. The van der Waals surface area contributed by atoms with Crippen LogP contribution in [-0.4, -0.2) is 151 Å². The molecule has 0 aliphatic carbocycles. The Morgan fingerprint density at radius 3 is 0.778 bits per heavy atom. The van der Waals surface area contributed by atoms with Gasteiger partial charge < -0.3 is 59.4 Å². The first-order chi connectivity index (χ1) is 20.5. The number of aliphatic hydroxyl groups is 8. The molecule has 2 fully saturated rings. The van der Waals surface area contributed by atoms with Gasteiger partial charge >= 0.3 is 138 Å². The number of aliphatic hydroxyl groups excluding tert-OH is 8. The van der Waals surface area contributed by atoms with Crippen molar-refractivity contribution in [1.29, 1.82) is 0 Å². The third kappa shape index (κ3) is 21.7. The maximum absolute atomic E-state index is 9.28. The van der Waals surface area contributed by atoms with Crippen LogP contribution in [0.15, 0.2) is 0 Å². The molecule has 22 nitrogen and oxygen atoms in total. The standard InChI is InChI=1S/2C7H11O5.3C3H4O4/c2*1-3-5(9)7(11)6(10)4(2-8)12-3;3*4-2(5)1-3(6)7/h2*3-11H,2H2;3*1H2,(H,4,5)(H,6,7)/q2*+3;;;/p-6/t2*3?,4-,5+,6+,7-;;;/m11.../s1. The number of carboxylic acids is 6. The van der Waals surface area contributed by atoms with Gasteiger partial charge in [-0.2, -0.15) is 0 Å². The van der Waals surface area contributed by atoms with Crippen molar-refractivity contribution in [1.82, 2.24) is 0 Å². The Balaban J connectivity index is -0.000000504. The predicted molar refractivity (Wildman–Crippen MR) is 118 cm³/mol. The summed E-state index contributed by atoms with van der Waals surface area (Å²) in [5.41, 5.74) is 0. The van der Waals surface area contributed by atoms with Gasteiger partial charge in [-0.3, -0.25) is 0 Å². The fourth-order valence-electron chi connectivity index (χ4n) is 2.56. The van der Waals surface area contributed by atoms with Crippen LogP contribution < -0.4 is 30.6 Å². The van der Waals surface area contributed by atoms with Gasteiger partial charge in [0.15, 0.2) is 0 Å². The molecule has 2 rings (SSSR count). The molecule has 2 aliphatic heterocycles. The molecule has 0 saturated carbocycles. The topological polar surface area (TPSA) is 421 Å². The van der Waals surface area contributed by atoms with Crippen LogP contribution in [0.5, 0.6) is 0 Å². The minimum absolute atomic E-state index is 0.486. The van der Waals surface area contributed by atoms with E-state index in [1.165, 1.54) is 0 Å². The SMILES string of the molecule is O=C([O-])CC(=O)[O-].O=C([O-])CC(=O)[O-].O=C([O-])CC(=O)[O-].[C+3]C1O[C@H](CO)[C@H](O)[C@H](O)[C@H]1O.[C+3]C1O[C@H](CO)[C@H](O)[C@H](O)[C@H]1O. The van der Waals surface area contributed by atoms with Crippen molar-refractivity contribution in [2.45, 2.75) is 80.3 Å². The Kier molecular flexibility index (Phi) is 24.2. The number of rotatable bonds is 8. The van der Waals surface area contributed by atoms with Crippen molar-refractivity contribution >= 4 is 35.8 Å². The predicted octanol–water partition coefficient (Wildman–Crippen LogP) is -14.5. The van der Waals surface area contributed by atoms with E-state index in [0.717, 1.165) is 0 Å². The first-order valence-corrected chi connectivity index (χ1v) is 11.8. The average molecular weight is 656 g/mol. The molecule has 0 radical (unpaired) electrons. The molecule has 8 N–H and O–H groups in total. The number of aliphatic carboxylic acids is 6. The van der Waals surface area contributed by atoms with Gasteiger partial charge in [0.05, 0.1) is 0 Å². The zero-order valence-electron chi connectivity index (χ0n) is 22.6. The molecule has 22 heteroatoms.